The SMILES string of the molecule is Cc1nn(C(C)C(=O)N2CCN(S(=O)(=O)c3cnn(C)c3)CC2)c(C)c1[N+](=O)[O-]. The van der Waals surface area contributed by atoms with E-state index in [1.165, 1.54) is 33.0 Å². The van der Waals surface area contributed by atoms with E-state index < -0.39 is 21.0 Å². The van der Waals surface area contributed by atoms with E-state index in [9.17, 15) is 23.3 Å². The normalized spacial score (nSPS) is 16.8. The van der Waals surface area contributed by atoms with Gasteiger partial charge >= 0.3 is 5.69 Å². The smallest absolute Gasteiger partial charge is 0.312 e. The van der Waals surface area contributed by atoms with Gasteiger partial charge in [-0.1, -0.05) is 0 Å². The van der Waals surface area contributed by atoms with Gasteiger partial charge in [0.2, 0.25) is 15.9 Å². The highest BCUT2D eigenvalue weighted by Crippen LogP contribution is 2.26. The Balaban J connectivity index is 1.70. The number of piperazine rings is 1. The molecule has 0 saturated carbocycles. The number of sulfonamides is 1. The van der Waals surface area contributed by atoms with Crippen molar-refractivity contribution in [1.29, 1.82) is 0 Å². The van der Waals surface area contributed by atoms with Crippen LogP contribution in [-0.4, -0.2) is 74.2 Å². The molecule has 1 fully saturated rings. The molecule has 1 aliphatic heterocycles. The minimum Gasteiger partial charge on any atom is -0.338 e. The summed E-state index contributed by atoms with van der Waals surface area (Å²) in [6.45, 7) is 5.49. The Morgan fingerprint density at radius 3 is 2.34 bits per heavy atom. The molecule has 1 unspecified atom stereocenters. The first-order chi connectivity index (χ1) is 13.5. The second kappa shape index (κ2) is 7.55. The fourth-order valence-electron chi connectivity index (χ4n) is 3.49. The Morgan fingerprint density at radius 1 is 1.24 bits per heavy atom. The highest BCUT2D eigenvalue weighted by molar-refractivity contribution is 7.89. The van der Waals surface area contributed by atoms with E-state index >= 15 is 0 Å². The lowest BCUT2D eigenvalue weighted by atomic mass is 10.2. The van der Waals surface area contributed by atoms with E-state index in [1.807, 2.05) is 0 Å². The second-order valence-corrected chi connectivity index (χ2v) is 8.91. The first-order valence-corrected chi connectivity index (χ1v) is 10.5. The lowest BCUT2D eigenvalue weighted by molar-refractivity contribution is -0.386. The van der Waals surface area contributed by atoms with Crippen LogP contribution >= 0.6 is 0 Å². The molecule has 2 aromatic rings. The Kier molecular flexibility index (Phi) is 5.45. The summed E-state index contributed by atoms with van der Waals surface area (Å²) in [5, 5.41) is 19.2. The molecule has 0 bridgehead atoms. The van der Waals surface area contributed by atoms with Gasteiger partial charge in [-0.3, -0.25) is 24.3 Å². The van der Waals surface area contributed by atoms with Crippen LogP contribution in [0.2, 0.25) is 0 Å². The number of carbonyl (C=O) groups is 1. The zero-order chi connectivity index (χ0) is 21.5. The van der Waals surface area contributed by atoms with Gasteiger partial charge in [0.15, 0.2) is 0 Å². The fourth-order valence-corrected chi connectivity index (χ4v) is 4.90. The average molecular weight is 425 g/mol. The summed E-state index contributed by atoms with van der Waals surface area (Å²) in [6, 6.07) is -0.733. The third kappa shape index (κ3) is 3.74. The molecular weight excluding hydrogens is 402 g/mol. The number of aryl methyl sites for hydroxylation is 2. The molecule has 1 saturated heterocycles. The quantitative estimate of drug-likeness (QED) is 0.494. The van der Waals surface area contributed by atoms with Gasteiger partial charge in [0.25, 0.3) is 0 Å². The Morgan fingerprint density at radius 2 is 1.86 bits per heavy atom. The van der Waals surface area contributed by atoms with Crippen LogP contribution in [-0.2, 0) is 21.9 Å². The largest absolute Gasteiger partial charge is 0.338 e. The predicted molar refractivity (Wildman–Crippen MR) is 102 cm³/mol. The summed E-state index contributed by atoms with van der Waals surface area (Å²) in [7, 11) is -2.02. The monoisotopic (exact) mass is 425 g/mol. The van der Waals surface area contributed by atoms with Crippen LogP contribution in [0.3, 0.4) is 0 Å². The summed E-state index contributed by atoms with van der Waals surface area (Å²) in [5.74, 6) is -0.260. The minimum absolute atomic E-state index is 0.1000. The van der Waals surface area contributed by atoms with Crippen molar-refractivity contribution < 1.29 is 18.1 Å². The van der Waals surface area contributed by atoms with Gasteiger partial charge in [-0.15, -0.1) is 0 Å². The van der Waals surface area contributed by atoms with Crippen molar-refractivity contribution in [2.45, 2.75) is 31.7 Å². The number of hydrogen-bond donors (Lipinski definition) is 0. The number of nitro groups is 1. The molecule has 0 aliphatic carbocycles. The van der Waals surface area contributed by atoms with Gasteiger partial charge in [-0.25, -0.2) is 8.42 Å². The maximum atomic E-state index is 12.9. The molecule has 0 radical (unpaired) electrons. The van der Waals surface area contributed by atoms with E-state index in [0.717, 1.165) is 0 Å². The molecule has 3 rings (SSSR count). The van der Waals surface area contributed by atoms with E-state index in [-0.39, 0.29) is 48.4 Å². The van der Waals surface area contributed by atoms with Crippen LogP contribution in [0, 0.1) is 24.0 Å². The minimum atomic E-state index is -3.66. The number of rotatable bonds is 5. The number of amides is 1. The Labute approximate surface area is 167 Å². The van der Waals surface area contributed by atoms with E-state index in [4.69, 9.17) is 0 Å². The molecule has 3 heterocycles. The van der Waals surface area contributed by atoms with Crippen molar-refractivity contribution in [3.05, 3.63) is 33.9 Å². The van der Waals surface area contributed by atoms with Crippen molar-refractivity contribution in [3.8, 4) is 0 Å². The highest BCUT2D eigenvalue weighted by Gasteiger charge is 2.34. The molecule has 13 heteroatoms. The van der Waals surface area contributed by atoms with Gasteiger partial charge < -0.3 is 4.90 Å². The molecule has 0 spiro atoms. The van der Waals surface area contributed by atoms with Crippen LogP contribution in [0.15, 0.2) is 17.3 Å². The molecular formula is C16H23N7O5S. The van der Waals surface area contributed by atoms with Gasteiger partial charge in [0.05, 0.1) is 11.1 Å². The van der Waals surface area contributed by atoms with Crippen molar-refractivity contribution in [1.82, 2.24) is 28.8 Å². The topological polar surface area (TPSA) is 136 Å². The van der Waals surface area contributed by atoms with Crippen molar-refractivity contribution in [2.75, 3.05) is 26.2 Å². The van der Waals surface area contributed by atoms with Crippen LogP contribution in [0.5, 0.6) is 0 Å². The predicted octanol–water partition coefficient (Wildman–Crippen LogP) is 0.236. The number of hydrogen-bond acceptors (Lipinski definition) is 7. The molecule has 158 valence electrons. The van der Waals surface area contributed by atoms with Crippen LogP contribution in [0.1, 0.15) is 24.4 Å². The van der Waals surface area contributed by atoms with Gasteiger partial charge in [0, 0.05) is 39.4 Å². The van der Waals surface area contributed by atoms with Crippen molar-refractivity contribution in [3.63, 3.8) is 0 Å². The zero-order valence-electron chi connectivity index (χ0n) is 16.6. The molecule has 1 amide bonds. The summed E-state index contributed by atoms with van der Waals surface area (Å²) in [5.41, 5.74) is 0.461. The summed E-state index contributed by atoms with van der Waals surface area (Å²) in [6.07, 6.45) is 2.73. The number of aromatic nitrogens is 4. The Hall–Kier alpha value is -2.80. The molecule has 1 atom stereocenters. The van der Waals surface area contributed by atoms with Gasteiger partial charge in [-0.05, 0) is 20.8 Å². The summed E-state index contributed by atoms with van der Waals surface area (Å²) in [4.78, 5) is 25.2. The third-order valence-corrected chi connectivity index (χ3v) is 6.91. The average Bonchev–Trinajstić information content (AvgIpc) is 3.24. The lowest BCUT2D eigenvalue weighted by Gasteiger charge is -2.35. The number of carbonyl (C=O) groups excluding carboxylic acids is 1. The lowest BCUT2D eigenvalue weighted by Crippen LogP contribution is -2.51. The van der Waals surface area contributed by atoms with Crippen LogP contribution in [0.25, 0.3) is 0 Å². The summed E-state index contributed by atoms with van der Waals surface area (Å²) >= 11 is 0. The second-order valence-electron chi connectivity index (χ2n) is 6.98. The molecule has 1 aliphatic rings. The van der Waals surface area contributed by atoms with Crippen molar-refractivity contribution in [2.24, 2.45) is 7.05 Å². The van der Waals surface area contributed by atoms with Gasteiger partial charge in [-0.2, -0.15) is 14.5 Å². The molecule has 12 nitrogen and oxygen atoms in total. The van der Waals surface area contributed by atoms with E-state index in [1.54, 1.807) is 25.8 Å². The zero-order valence-corrected chi connectivity index (χ0v) is 17.5. The van der Waals surface area contributed by atoms with Crippen molar-refractivity contribution >= 4 is 21.6 Å². The van der Waals surface area contributed by atoms with Crippen LogP contribution < -0.4 is 0 Å². The third-order valence-electron chi connectivity index (χ3n) is 5.06. The number of nitrogens with zero attached hydrogens (tertiary/aromatic N) is 7. The molecule has 2 aromatic heterocycles. The first-order valence-electron chi connectivity index (χ1n) is 9.01. The van der Waals surface area contributed by atoms with Gasteiger partial charge in [0.1, 0.15) is 22.3 Å². The molecule has 0 aromatic carbocycles. The molecule has 29 heavy (non-hydrogen) atoms. The standard InChI is InChI=1S/C16H23N7O5S/c1-11-15(23(25)26)12(2)22(18-11)13(3)16(24)20-5-7-21(8-6-20)29(27,28)14-9-17-19(4)10-14/h9-10,13H,5-8H2,1-4H3. The first kappa shape index (κ1) is 20.9. The molecule has 0 N–H and O–H groups in total. The van der Waals surface area contributed by atoms with E-state index in [2.05, 4.69) is 10.2 Å². The fraction of sp³-hybridized carbons (Fsp3) is 0.562. The highest BCUT2D eigenvalue weighted by atomic mass is 32.2. The maximum absolute atomic E-state index is 12.9. The maximum Gasteiger partial charge on any atom is 0.312 e. The Bertz CT molecular complexity index is 1050. The summed E-state index contributed by atoms with van der Waals surface area (Å²) < 4.78 is 29.4. The van der Waals surface area contributed by atoms with Crippen LogP contribution in [0.4, 0.5) is 5.69 Å². The van der Waals surface area contributed by atoms with E-state index in [0.29, 0.717) is 5.69 Å².